The molecule has 0 bridgehead atoms. The van der Waals surface area contributed by atoms with Crippen LogP contribution in [-0.4, -0.2) is 23.4 Å². The maximum Gasteiger partial charge on any atom is 0.341 e. The second-order valence-electron chi connectivity index (χ2n) is 3.06. The van der Waals surface area contributed by atoms with Crippen LogP contribution in [0.1, 0.15) is 0 Å². The average Bonchev–Trinajstić information content (AvgIpc) is 2.25. The van der Waals surface area contributed by atoms with Crippen molar-refractivity contribution in [3.8, 4) is 0 Å². The van der Waals surface area contributed by atoms with Gasteiger partial charge in [0.2, 0.25) is 0 Å². The van der Waals surface area contributed by atoms with E-state index in [1.165, 1.54) is 29.6 Å². The molecule has 1 fully saturated rings. The van der Waals surface area contributed by atoms with Crippen molar-refractivity contribution in [3.05, 3.63) is 30.1 Å². The van der Waals surface area contributed by atoms with Crippen LogP contribution in [0.2, 0.25) is 0 Å². The minimum Gasteiger partial charge on any atom is -0.258 e. The molecule has 0 radical (unpaired) electrons. The predicted octanol–water partition coefficient (Wildman–Crippen LogP) is 1.97. The summed E-state index contributed by atoms with van der Waals surface area (Å²) in [6.07, 6.45) is 0. The zero-order valence-electron chi connectivity index (χ0n) is 8.31. The highest BCUT2D eigenvalue weighted by Crippen LogP contribution is 2.29. The Balaban J connectivity index is 2.31. The molecule has 0 unspecified atom stereocenters. The molecule has 2 rings (SSSR count). The first-order valence-corrected chi connectivity index (χ1v) is 5.14. The smallest absolute Gasteiger partial charge is 0.258 e. The summed E-state index contributed by atoms with van der Waals surface area (Å²) in [6, 6.07) is 4.68. The van der Waals surface area contributed by atoms with Crippen molar-refractivity contribution in [1.82, 2.24) is 9.62 Å². The van der Waals surface area contributed by atoms with Gasteiger partial charge in [-0.1, -0.05) is 12.1 Å². The number of halogens is 1. The molecule has 1 aromatic carbocycles. The molecular formula is C9H8FN3O2S. The van der Waals surface area contributed by atoms with E-state index >= 15 is 0 Å². The molecule has 0 saturated carbocycles. The van der Waals surface area contributed by atoms with Gasteiger partial charge in [-0.3, -0.25) is 9.62 Å². The van der Waals surface area contributed by atoms with Gasteiger partial charge in [-0.25, -0.2) is 18.3 Å². The molecule has 1 heterocycles. The van der Waals surface area contributed by atoms with E-state index in [2.05, 4.69) is 5.32 Å². The van der Waals surface area contributed by atoms with Gasteiger partial charge in [0.1, 0.15) is 5.82 Å². The van der Waals surface area contributed by atoms with Gasteiger partial charge >= 0.3 is 12.1 Å². The van der Waals surface area contributed by atoms with Crippen molar-refractivity contribution in [2.45, 2.75) is 0 Å². The first kappa shape index (κ1) is 10.7. The number of nitrogens with zero attached hydrogens (tertiary/aromatic N) is 2. The van der Waals surface area contributed by atoms with Gasteiger partial charge in [0, 0.05) is 7.05 Å². The quantitative estimate of drug-likeness (QED) is 0.765. The van der Waals surface area contributed by atoms with E-state index < -0.39 is 17.9 Å². The van der Waals surface area contributed by atoms with Gasteiger partial charge in [-0.05, 0) is 12.1 Å². The Kier molecular flexibility index (Phi) is 2.69. The lowest BCUT2D eigenvalue weighted by Gasteiger charge is -2.30. The molecule has 0 atom stereocenters. The molecule has 1 aliphatic rings. The molecular weight excluding hydrogens is 233 g/mol. The number of rotatable bonds is 1. The highest BCUT2D eigenvalue weighted by Gasteiger charge is 2.30. The Bertz CT molecular complexity index is 454. The number of amides is 4. The molecule has 5 nitrogen and oxygen atoms in total. The van der Waals surface area contributed by atoms with Crippen LogP contribution in [-0.2, 0) is 0 Å². The van der Waals surface area contributed by atoms with Gasteiger partial charge in [0.25, 0.3) is 0 Å². The zero-order chi connectivity index (χ0) is 11.7. The SMILES string of the molecule is CN1SN(c2ccccc2F)C(=O)NC1=O. The second-order valence-corrected chi connectivity index (χ2v) is 4.14. The van der Waals surface area contributed by atoms with Crippen LogP contribution in [0.4, 0.5) is 19.7 Å². The molecule has 0 aliphatic carbocycles. The summed E-state index contributed by atoms with van der Waals surface area (Å²) in [6.45, 7) is 0. The summed E-state index contributed by atoms with van der Waals surface area (Å²) in [5.41, 5.74) is 0.115. The molecule has 84 valence electrons. The molecule has 1 aromatic rings. The Labute approximate surface area is 95.5 Å². The first-order valence-electron chi connectivity index (χ1n) is 4.41. The Morgan fingerprint density at radius 1 is 1.25 bits per heavy atom. The highest BCUT2D eigenvalue weighted by atomic mass is 32.2. The maximum atomic E-state index is 13.4. The molecule has 16 heavy (non-hydrogen) atoms. The summed E-state index contributed by atoms with van der Waals surface area (Å²) < 4.78 is 15.7. The number of anilines is 1. The molecule has 0 spiro atoms. The maximum absolute atomic E-state index is 13.4. The minimum absolute atomic E-state index is 0.115. The molecule has 1 saturated heterocycles. The molecule has 4 amide bonds. The lowest BCUT2D eigenvalue weighted by atomic mass is 10.3. The van der Waals surface area contributed by atoms with Gasteiger partial charge in [0.05, 0.1) is 17.8 Å². The summed E-state index contributed by atoms with van der Waals surface area (Å²) in [5.74, 6) is -0.520. The number of carbonyl (C=O) groups excluding carboxylic acids is 2. The van der Waals surface area contributed by atoms with E-state index in [0.717, 1.165) is 16.4 Å². The number of para-hydroxylation sites is 1. The fourth-order valence-corrected chi connectivity index (χ4v) is 1.91. The monoisotopic (exact) mass is 241 g/mol. The summed E-state index contributed by atoms with van der Waals surface area (Å²) in [5, 5.41) is 2.09. The van der Waals surface area contributed by atoms with Crippen LogP contribution in [0.3, 0.4) is 0 Å². The summed E-state index contributed by atoms with van der Waals surface area (Å²) in [7, 11) is 1.49. The van der Waals surface area contributed by atoms with Crippen molar-refractivity contribution < 1.29 is 14.0 Å². The minimum atomic E-state index is -0.654. The predicted molar refractivity (Wildman–Crippen MR) is 58.2 cm³/mol. The normalized spacial score (nSPS) is 16.4. The van der Waals surface area contributed by atoms with Crippen molar-refractivity contribution in [1.29, 1.82) is 0 Å². The third kappa shape index (κ3) is 1.81. The van der Waals surface area contributed by atoms with Gasteiger partial charge in [-0.15, -0.1) is 0 Å². The first-order chi connectivity index (χ1) is 7.59. The van der Waals surface area contributed by atoms with Crippen LogP contribution in [0, 0.1) is 5.82 Å². The van der Waals surface area contributed by atoms with E-state index in [-0.39, 0.29) is 5.69 Å². The van der Waals surface area contributed by atoms with E-state index in [1.807, 2.05) is 0 Å². The highest BCUT2D eigenvalue weighted by molar-refractivity contribution is 7.99. The number of urea groups is 2. The summed E-state index contributed by atoms with van der Waals surface area (Å²) in [4.78, 5) is 22.6. The van der Waals surface area contributed by atoms with Gasteiger partial charge in [0.15, 0.2) is 0 Å². The third-order valence-electron chi connectivity index (χ3n) is 1.96. The number of imide groups is 1. The largest absolute Gasteiger partial charge is 0.341 e. The van der Waals surface area contributed by atoms with Gasteiger partial charge < -0.3 is 0 Å². The van der Waals surface area contributed by atoms with Crippen molar-refractivity contribution in [2.24, 2.45) is 0 Å². The Morgan fingerprint density at radius 3 is 2.62 bits per heavy atom. The fourth-order valence-electron chi connectivity index (χ4n) is 1.19. The van der Waals surface area contributed by atoms with E-state index in [9.17, 15) is 14.0 Å². The van der Waals surface area contributed by atoms with Crippen molar-refractivity contribution in [3.63, 3.8) is 0 Å². The third-order valence-corrected chi connectivity index (χ3v) is 2.90. The topological polar surface area (TPSA) is 52.6 Å². The summed E-state index contributed by atoms with van der Waals surface area (Å²) >= 11 is 0.835. The van der Waals surface area contributed by atoms with Gasteiger partial charge in [-0.2, -0.15) is 0 Å². The van der Waals surface area contributed by atoms with Crippen molar-refractivity contribution >= 4 is 29.9 Å². The van der Waals surface area contributed by atoms with Crippen LogP contribution < -0.4 is 9.62 Å². The fraction of sp³-hybridized carbons (Fsp3) is 0.111. The molecule has 1 N–H and O–H groups in total. The van der Waals surface area contributed by atoms with Crippen LogP contribution in [0.15, 0.2) is 24.3 Å². The van der Waals surface area contributed by atoms with E-state index in [0.29, 0.717) is 0 Å². The molecule has 0 aromatic heterocycles. The second kappa shape index (κ2) is 4.01. The lowest BCUT2D eigenvalue weighted by molar-refractivity contribution is 0.222. The number of benzene rings is 1. The number of nitrogens with one attached hydrogen (secondary N) is 1. The van der Waals surface area contributed by atoms with Crippen LogP contribution in [0.5, 0.6) is 0 Å². The number of hydrogen-bond donors (Lipinski definition) is 1. The number of carbonyl (C=O) groups is 2. The van der Waals surface area contributed by atoms with Crippen LogP contribution >= 0.6 is 12.1 Å². The van der Waals surface area contributed by atoms with E-state index in [1.54, 1.807) is 6.07 Å². The molecule has 7 heteroatoms. The number of hydrogen-bond acceptors (Lipinski definition) is 3. The van der Waals surface area contributed by atoms with E-state index in [4.69, 9.17) is 0 Å². The average molecular weight is 241 g/mol. The standard InChI is InChI=1S/C9H8FN3O2S/c1-12-8(14)11-9(15)13(16-12)7-5-3-2-4-6(7)10/h2-5H,1H3,(H,11,14,15). The molecule has 1 aliphatic heterocycles. The lowest BCUT2D eigenvalue weighted by Crippen LogP contribution is -2.51. The Hall–Kier alpha value is -1.76. The zero-order valence-corrected chi connectivity index (χ0v) is 9.12. The Morgan fingerprint density at radius 2 is 1.94 bits per heavy atom. The van der Waals surface area contributed by atoms with Crippen molar-refractivity contribution in [2.75, 3.05) is 11.4 Å². The van der Waals surface area contributed by atoms with Crippen LogP contribution in [0.25, 0.3) is 0 Å².